The Bertz CT molecular complexity index is 673. The van der Waals surface area contributed by atoms with Gasteiger partial charge in [-0.1, -0.05) is 17.3 Å². The summed E-state index contributed by atoms with van der Waals surface area (Å²) in [5.74, 6) is 1.23. The number of imidazole rings is 1. The number of aryl methyl sites for hydroxylation is 1. The van der Waals surface area contributed by atoms with Gasteiger partial charge in [0.05, 0.1) is 23.5 Å². The first-order valence-electron chi connectivity index (χ1n) is 5.69. The van der Waals surface area contributed by atoms with Crippen LogP contribution in [0.3, 0.4) is 0 Å². The highest BCUT2D eigenvalue weighted by Gasteiger charge is 2.12. The first-order chi connectivity index (χ1) is 8.79. The fourth-order valence-electron chi connectivity index (χ4n) is 2.09. The van der Waals surface area contributed by atoms with E-state index in [2.05, 4.69) is 14.7 Å². The van der Waals surface area contributed by atoms with E-state index in [-0.39, 0.29) is 0 Å². The van der Waals surface area contributed by atoms with Crippen LogP contribution in [-0.2, 0) is 12.4 Å². The number of aromatic nitrogens is 3. The zero-order valence-electron chi connectivity index (χ0n) is 9.93. The van der Waals surface area contributed by atoms with E-state index in [1.165, 1.54) is 0 Å². The summed E-state index contributed by atoms with van der Waals surface area (Å²) in [5, 5.41) is 3.93. The van der Waals surface area contributed by atoms with Crippen molar-refractivity contribution in [2.75, 3.05) is 0 Å². The highest BCUT2D eigenvalue weighted by atomic mass is 35.5. The lowest BCUT2D eigenvalue weighted by atomic mass is 10.2. The Morgan fingerprint density at radius 3 is 2.94 bits per heavy atom. The van der Waals surface area contributed by atoms with E-state index in [1.54, 1.807) is 6.26 Å². The van der Waals surface area contributed by atoms with E-state index in [0.29, 0.717) is 12.4 Å². The molecule has 0 N–H and O–H groups in total. The van der Waals surface area contributed by atoms with Gasteiger partial charge in [0.25, 0.3) is 0 Å². The van der Waals surface area contributed by atoms with Gasteiger partial charge in [-0.25, -0.2) is 4.98 Å². The predicted octanol–water partition coefficient (Wildman–Crippen LogP) is 3.12. The topological polar surface area (TPSA) is 43.9 Å². The van der Waals surface area contributed by atoms with E-state index in [9.17, 15) is 0 Å². The standard InChI is InChI=1S/C13H12ClN3O/c1-9-3-2-4-11-13(9)15-12(7-14)17(11)8-10-5-6-18-16-10/h2-6H,7-8H2,1H3. The number of rotatable bonds is 3. The Labute approximate surface area is 109 Å². The maximum Gasteiger partial charge on any atom is 0.125 e. The number of para-hydroxylation sites is 1. The Balaban J connectivity index is 2.17. The average molecular weight is 262 g/mol. The van der Waals surface area contributed by atoms with Crippen molar-refractivity contribution in [2.45, 2.75) is 19.3 Å². The molecule has 0 atom stereocenters. The van der Waals surface area contributed by atoms with E-state index in [4.69, 9.17) is 16.1 Å². The molecule has 0 aliphatic rings. The van der Waals surface area contributed by atoms with Crippen LogP contribution in [0, 0.1) is 6.92 Å². The number of halogens is 1. The van der Waals surface area contributed by atoms with Crippen LogP contribution < -0.4 is 0 Å². The lowest BCUT2D eigenvalue weighted by Gasteiger charge is -2.04. The largest absolute Gasteiger partial charge is 0.364 e. The van der Waals surface area contributed by atoms with Crippen molar-refractivity contribution < 1.29 is 4.52 Å². The molecule has 5 heteroatoms. The van der Waals surface area contributed by atoms with Crippen molar-refractivity contribution in [3.05, 3.63) is 47.6 Å². The van der Waals surface area contributed by atoms with Crippen LogP contribution in [0.25, 0.3) is 11.0 Å². The van der Waals surface area contributed by atoms with Gasteiger partial charge < -0.3 is 9.09 Å². The molecule has 2 heterocycles. The highest BCUT2D eigenvalue weighted by Crippen LogP contribution is 2.21. The lowest BCUT2D eigenvalue weighted by molar-refractivity contribution is 0.409. The van der Waals surface area contributed by atoms with Crippen molar-refractivity contribution in [1.29, 1.82) is 0 Å². The molecule has 4 nitrogen and oxygen atoms in total. The molecule has 0 spiro atoms. The van der Waals surface area contributed by atoms with Crippen LogP contribution in [0.4, 0.5) is 0 Å². The van der Waals surface area contributed by atoms with Gasteiger partial charge in [-0.2, -0.15) is 0 Å². The van der Waals surface area contributed by atoms with Gasteiger partial charge in [0, 0.05) is 6.07 Å². The summed E-state index contributed by atoms with van der Waals surface area (Å²) in [4.78, 5) is 4.58. The predicted molar refractivity (Wildman–Crippen MR) is 69.6 cm³/mol. The normalized spacial score (nSPS) is 11.2. The molecular weight excluding hydrogens is 250 g/mol. The second-order valence-electron chi connectivity index (χ2n) is 4.18. The number of hydrogen-bond donors (Lipinski definition) is 0. The number of nitrogens with zero attached hydrogens (tertiary/aromatic N) is 3. The van der Waals surface area contributed by atoms with Gasteiger partial charge in [-0.3, -0.25) is 0 Å². The average Bonchev–Trinajstić information content (AvgIpc) is 2.99. The fourth-order valence-corrected chi connectivity index (χ4v) is 2.30. The molecule has 0 unspecified atom stereocenters. The Morgan fingerprint density at radius 2 is 2.22 bits per heavy atom. The molecule has 3 aromatic rings. The van der Waals surface area contributed by atoms with Crippen molar-refractivity contribution in [1.82, 2.24) is 14.7 Å². The van der Waals surface area contributed by atoms with Crippen LogP contribution in [0.1, 0.15) is 17.1 Å². The molecule has 2 aromatic heterocycles. The number of fused-ring (bicyclic) bond motifs is 1. The third-order valence-electron chi connectivity index (χ3n) is 2.99. The summed E-state index contributed by atoms with van der Waals surface area (Å²) in [6.07, 6.45) is 1.57. The molecule has 1 aromatic carbocycles. The summed E-state index contributed by atoms with van der Waals surface area (Å²) in [7, 11) is 0. The van der Waals surface area contributed by atoms with Gasteiger partial charge >= 0.3 is 0 Å². The Hall–Kier alpha value is -1.81. The van der Waals surface area contributed by atoms with Gasteiger partial charge in [0.15, 0.2) is 0 Å². The number of benzene rings is 1. The summed E-state index contributed by atoms with van der Waals surface area (Å²) in [6.45, 7) is 2.67. The first-order valence-corrected chi connectivity index (χ1v) is 6.23. The highest BCUT2D eigenvalue weighted by molar-refractivity contribution is 6.16. The van der Waals surface area contributed by atoms with Crippen molar-refractivity contribution in [2.24, 2.45) is 0 Å². The fraction of sp³-hybridized carbons (Fsp3) is 0.231. The molecule has 18 heavy (non-hydrogen) atoms. The van der Waals surface area contributed by atoms with E-state index < -0.39 is 0 Å². The maximum absolute atomic E-state index is 5.97. The molecule has 0 saturated heterocycles. The second-order valence-corrected chi connectivity index (χ2v) is 4.45. The SMILES string of the molecule is Cc1cccc2c1nc(CCl)n2Cc1ccon1. The molecule has 3 rings (SSSR count). The van der Waals surface area contributed by atoms with E-state index >= 15 is 0 Å². The van der Waals surface area contributed by atoms with Crippen LogP contribution >= 0.6 is 11.6 Å². The van der Waals surface area contributed by atoms with Crippen LogP contribution in [0.15, 0.2) is 35.1 Å². The monoisotopic (exact) mass is 261 g/mol. The minimum absolute atomic E-state index is 0.381. The van der Waals surface area contributed by atoms with Crippen LogP contribution in [-0.4, -0.2) is 14.7 Å². The molecule has 0 bridgehead atoms. The first kappa shape index (κ1) is 11.3. The molecular formula is C13H12ClN3O. The van der Waals surface area contributed by atoms with Crippen molar-refractivity contribution in [3.63, 3.8) is 0 Å². The molecule has 0 fully saturated rings. The van der Waals surface area contributed by atoms with Gasteiger partial charge in [-0.05, 0) is 18.6 Å². The number of hydrogen-bond acceptors (Lipinski definition) is 3. The summed E-state index contributed by atoms with van der Waals surface area (Å²) in [5.41, 5.74) is 4.09. The van der Waals surface area contributed by atoms with Gasteiger partial charge in [0.1, 0.15) is 17.8 Å². The number of alkyl halides is 1. The lowest BCUT2D eigenvalue weighted by Crippen LogP contribution is -2.03. The van der Waals surface area contributed by atoms with E-state index in [1.807, 2.05) is 31.2 Å². The molecule has 0 aliphatic heterocycles. The third kappa shape index (κ3) is 1.78. The van der Waals surface area contributed by atoms with Crippen molar-refractivity contribution in [3.8, 4) is 0 Å². The molecule has 0 amide bonds. The molecule has 92 valence electrons. The molecule has 0 radical (unpaired) electrons. The maximum atomic E-state index is 5.97. The zero-order chi connectivity index (χ0) is 12.5. The third-order valence-corrected chi connectivity index (χ3v) is 3.23. The molecule has 0 aliphatic carbocycles. The van der Waals surface area contributed by atoms with E-state index in [0.717, 1.165) is 28.1 Å². The quantitative estimate of drug-likeness (QED) is 0.681. The van der Waals surface area contributed by atoms with Crippen molar-refractivity contribution >= 4 is 22.6 Å². The van der Waals surface area contributed by atoms with Crippen LogP contribution in [0.5, 0.6) is 0 Å². The summed E-state index contributed by atoms with van der Waals surface area (Å²) < 4.78 is 6.93. The van der Waals surface area contributed by atoms with Gasteiger partial charge in [0.2, 0.25) is 0 Å². The van der Waals surface area contributed by atoms with Crippen LogP contribution in [0.2, 0.25) is 0 Å². The smallest absolute Gasteiger partial charge is 0.125 e. The molecule has 0 saturated carbocycles. The Kier molecular flexibility index (Phi) is 2.80. The minimum atomic E-state index is 0.381. The zero-order valence-corrected chi connectivity index (χ0v) is 10.7. The van der Waals surface area contributed by atoms with Gasteiger partial charge in [-0.15, -0.1) is 11.6 Å². The minimum Gasteiger partial charge on any atom is -0.364 e. The summed E-state index contributed by atoms with van der Waals surface area (Å²) in [6, 6.07) is 7.97. The Morgan fingerprint density at radius 1 is 1.33 bits per heavy atom. The summed E-state index contributed by atoms with van der Waals surface area (Å²) >= 11 is 5.97. The second kappa shape index (κ2) is 4.46.